The number of carbonyl (C=O) groups is 3. The highest BCUT2D eigenvalue weighted by Gasteiger charge is 2.43. The summed E-state index contributed by atoms with van der Waals surface area (Å²) in [5.41, 5.74) is 1.58. The van der Waals surface area contributed by atoms with Gasteiger partial charge in [-0.05, 0) is 43.2 Å². The molecular formula is C23H26N2O4. The molecule has 152 valence electrons. The van der Waals surface area contributed by atoms with Crippen molar-refractivity contribution in [1.29, 1.82) is 0 Å². The Balaban J connectivity index is 1.77. The maximum atomic E-state index is 13.1. The Morgan fingerprint density at radius 1 is 1.07 bits per heavy atom. The van der Waals surface area contributed by atoms with Gasteiger partial charge in [0.05, 0.1) is 18.7 Å². The lowest BCUT2D eigenvalue weighted by molar-refractivity contribution is -0.138. The number of carbonyl (C=O) groups excluding carboxylic acids is 3. The van der Waals surface area contributed by atoms with E-state index in [1.807, 2.05) is 37.3 Å². The Morgan fingerprint density at radius 3 is 2.38 bits per heavy atom. The Kier molecular flexibility index (Phi) is 6.65. The van der Waals surface area contributed by atoms with Crippen LogP contribution in [0.25, 0.3) is 0 Å². The first-order valence-electron chi connectivity index (χ1n) is 9.98. The number of benzene rings is 2. The molecule has 0 unspecified atom stereocenters. The number of ether oxygens (including phenoxy) is 1. The standard InChI is InChI=1S/C23H26N2O4/c1-3-21(26)24(15-14-17-8-6-5-7-9-17)20-16-22(27)25(23(20)28)18-10-12-19(13-11-18)29-4-2/h5-13,20H,3-4,14-16H2,1-2H3/t20-/m0/s1. The molecule has 0 aliphatic carbocycles. The van der Waals surface area contributed by atoms with Crippen molar-refractivity contribution in [3.05, 3.63) is 60.2 Å². The first-order valence-corrected chi connectivity index (χ1v) is 9.98. The van der Waals surface area contributed by atoms with Crippen molar-refractivity contribution in [2.75, 3.05) is 18.1 Å². The number of rotatable bonds is 8. The van der Waals surface area contributed by atoms with E-state index in [4.69, 9.17) is 4.74 Å². The molecule has 0 spiro atoms. The van der Waals surface area contributed by atoms with E-state index in [0.29, 0.717) is 31.0 Å². The molecule has 6 heteroatoms. The fraction of sp³-hybridized carbons (Fsp3) is 0.348. The van der Waals surface area contributed by atoms with Crippen LogP contribution in [0.2, 0.25) is 0 Å². The van der Waals surface area contributed by atoms with Gasteiger partial charge in [-0.15, -0.1) is 0 Å². The van der Waals surface area contributed by atoms with E-state index >= 15 is 0 Å². The molecule has 1 fully saturated rings. The van der Waals surface area contributed by atoms with Crippen LogP contribution in [0.3, 0.4) is 0 Å². The van der Waals surface area contributed by atoms with Gasteiger partial charge in [-0.25, -0.2) is 4.90 Å². The van der Waals surface area contributed by atoms with Crippen LogP contribution in [0.15, 0.2) is 54.6 Å². The second kappa shape index (κ2) is 9.37. The zero-order valence-electron chi connectivity index (χ0n) is 16.8. The summed E-state index contributed by atoms with van der Waals surface area (Å²) < 4.78 is 5.42. The third kappa shape index (κ3) is 4.65. The average Bonchev–Trinajstić information content (AvgIpc) is 3.03. The molecule has 0 bridgehead atoms. The summed E-state index contributed by atoms with van der Waals surface area (Å²) in [6.45, 7) is 4.60. The lowest BCUT2D eigenvalue weighted by atomic mass is 10.1. The molecule has 0 radical (unpaired) electrons. The topological polar surface area (TPSA) is 66.9 Å². The van der Waals surface area contributed by atoms with Crippen molar-refractivity contribution in [2.45, 2.75) is 39.2 Å². The van der Waals surface area contributed by atoms with Crippen molar-refractivity contribution in [2.24, 2.45) is 0 Å². The highest BCUT2D eigenvalue weighted by molar-refractivity contribution is 6.23. The van der Waals surface area contributed by atoms with Crippen molar-refractivity contribution in [3.8, 4) is 5.75 Å². The van der Waals surface area contributed by atoms with E-state index in [1.54, 1.807) is 36.1 Å². The van der Waals surface area contributed by atoms with Gasteiger partial charge in [0.25, 0.3) is 5.91 Å². The summed E-state index contributed by atoms with van der Waals surface area (Å²) in [6, 6.07) is 15.9. The molecule has 1 heterocycles. The molecule has 6 nitrogen and oxygen atoms in total. The fourth-order valence-electron chi connectivity index (χ4n) is 3.54. The summed E-state index contributed by atoms with van der Waals surface area (Å²) in [5, 5.41) is 0. The highest BCUT2D eigenvalue weighted by atomic mass is 16.5. The molecule has 0 aromatic heterocycles. The summed E-state index contributed by atoms with van der Waals surface area (Å²) in [6.07, 6.45) is 0.927. The van der Waals surface area contributed by atoms with E-state index in [9.17, 15) is 14.4 Å². The monoisotopic (exact) mass is 394 g/mol. The van der Waals surface area contributed by atoms with Crippen LogP contribution < -0.4 is 9.64 Å². The number of hydrogen-bond donors (Lipinski definition) is 0. The predicted molar refractivity (Wildman–Crippen MR) is 111 cm³/mol. The van der Waals surface area contributed by atoms with Gasteiger partial charge in [0.1, 0.15) is 11.8 Å². The van der Waals surface area contributed by atoms with Crippen molar-refractivity contribution >= 4 is 23.4 Å². The van der Waals surface area contributed by atoms with Gasteiger partial charge in [-0.2, -0.15) is 0 Å². The van der Waals surface area contributed by atoms with Crippen molar-refractivity contribution in [1.82, 2.24) is 4.90 Å². The van der Waals surface area contributed by atoms with E-state index in [2.05, 4.69) is 0 Å². The quantitative estimate of drug-likeness (QED) is 0.645. The number of anilines is 1. The van der Waals surface area contributed by atoms with E-state index in [-0.39, 0.29) is 30.6 Å². The Morgan fingerprint density at radius 2 is 1.76 bits per heavy atom. The zero-order chi connectivity index (χ0) is 20.8. The Bertz CT molecular complexity index is 864. The Hall–Kier alpha value is -3.15. The van der Waals surface area contributed by atoms with Gasteiger partial charge >= 0.3 is 0 Å². The molecular weight excluding hydrogens is 368 g/mol. The Labute approximate surface area is 171 Å². The number of nitrogens with zero attached hydrogens (tertiary/aromatic N) is 2. The summed E-state index contributed by atoms with van der Waals surface area (Å²) in [7, 11) is 0. The lowest BCUT2D eigenvalue weighted by Crippen LogP contribution is -2.46. The maximum absolute atomic E-state index is 13.1. The minimum Gasteiger partial charge on any atom is -0.494 e. The van der Waals surface area contributed by atoms with Crippen molar-refractivity contribution in [3.63, 3.8) is 0 Å². The molecule has 1 aliphatic rings. The zero-order valence-corrected chi connectivity index (χ0v) is 16.8. The first kappa shape index (κ1) is 20.6. The molecule has 1 atom stereocenters. The molecule has 3 amide bonds. The van der Waals surface area contributed by atoms with Crippen molar-refractivity contribution < 1.29 is 19.1 Å². The van der Waals surface area contributed by atoms with Crippen LogP contribution in [-0.2, 0) is 20.8 Å². The van der Waals surface area contributed by atoms with Gasteiger partial charge in [0, 0.05) is 13.0 Å². The van der Waals surface area contributed by atoms with E-state index < -0.39 is 6.04 Å². The second-order valence-electron chi connectivity index (χ2n) is 6.89. The molecule has 1 aliphatic heterocycles. The normalized spacial score (nSPS) is 16.2. The summed E-state index contributed by atoms with van der Waals surface area (Å²) in [5.74, 6) is -0.0926. The third-order valence-corrected chi connectivity index (χ3v) is 5.01. The molecule has 3 rings (SSSR count). The molecule has 0 N–H and O–H groups in total. The molecule has 2 aromatic rings. The fourth-order valence-corrected chi connectivity index (χ4v) is 3.54. The van der Waals surface area contributed by atoms with Crippen LogP contribution in [0.1, 0.15) is 32.3 Å². The van der Waals surface area contributed by atoms with E-state index in [0.717, 1.165) is 5.56 Å². The van der Waals surface area contributed by atoms with Crippen LogP contribution >= 0.6 is 0 Å². The average molecular weight is 394 g/mol. The van der Waals surface area contributed by atoms with Gasteiger partial charge in [0.15, 0.2) is 0 Å². The van der Waals surface area contributed by atoms with Gasteiger partial charge in [0.2, 0.25) is 11.8 Å². The molecule has 1 saturated heterocycles. The minimum absolute atomic E-state index is 0.00652. The number of amides is 3. The summed E-state index contributed by atoms with van der Waals surface area (Å²) in [4.78, 5) is 41.0. The first-order chi connectivity index (χ1) is 14.0. The van der Waals surface area contributed by atoms with Gasteiger partial charge in [-0.1, -0.05) is 37.3 Å². The largest absolute Gasteiger partial charge is 0.494 e. The predicted octanol–water partition coefficient (Wildman–Crippen LogP) is 3.20. The molecule has 0 saturated carbocycles. The van der Waals surface area contributed by atoms with Gasteiger partial charge < -0.3 is 9.64 Å². The number of imide groups is 1. The third-order valence-electron chi connectivity index (χ3n) is 5.01. The smallest absolute Gasteiger partial charge is 0.257 e. The van der Waals surface area contributed by atoms with Crippen LogP contribution in [0, 0.1) is 0 Å². The number of hydrogen-bond acceptors (Lipinski definition) is 4. The maximum Gasteiger partial charge on any atom is 0.257 e. The van der Waals surface area contributed by atoms with Gasteiger partial charge in [-0.3, -0.25) is 14.4 Å². The highest BCUT2D eigenvalue weighted by Crippen LogP contribution is 2.28. The lowest BCUT2D eigenvalue weighted by Gasteiger charge is -2.27. The second-order valence-corrected chi connectivity index (χ2v) is 6.89. The minimum atomic E-state index is -0.759. The summed E-state index contributed by atoms with van der Waals surface area (Å²) >= 11 is 0. The SMILES string of the molecule is CCOc1ccc(N2C(=O)C[C@H](N(CCc3ccccc3)C(=O)CC)C2=O)cc1. The van der Waals surface area contributed by atoms with E-state index in [1.165, 1.54) is 4.90 Å². The van der Waals surface area contributed by atoms with Crippen LogP contribution in [0.4, 0.5) is 5.69 Å². The molecule has 2 aromatic carbocycles. The van der Waals surface area contributed by atoms with Crippen LogP contribution in [-0.4, -0.2) is 41.8 Å². The molecule has 29 heavy (non-hydrogen) atoms. The van der Waals surface area contributed by atoms with Crippen LogP contribution in [0.5, 0.6) is 5.75 Å².